The summed E-state index contributed by atoms with van der Waals surface area (Å²) < 4.78 is 5.64. The molecule has 0 saturated heterocycles. The van der Waals surface area contributed by atoms with Crippen molar-refractivity contribution in [2.75, 3.05) is 0 Å². The van der Waals surface area contributed by atoms with Gasteiger partial charge in [-0.3, -0.25) is 0 Å². The standard InChI is InChI=1S/C22H26O3.C2H6/c1-21(2,20(23)24)25-19-13-11-18(12-14-19)22(15-7-4-8-16-22)17-9-5-3-6-10-17;1-2/h3,5-6,9-14H,4,7-8,15-16H2,1-2H3,(H,23,24);1-2H3. The highest BCUT2D eigenvalue weighted by Crippen LogP contribution is 2.45. The third-order valence-corrected chi connectivity index (χ3v) is 5.33. The number of aliphatic carboxylic acids is 1. The first-order valence-corrected chi connectivity index (χ1v) is 10.0. The lowest BCUT2D eigenvalue weighted by atomic mass is 9.65. The molecule has 146 valence electrons. The van der Waals surface area contributed by atoms with E-state index in [1.165, 1.54) is 30.4 Å². The Morgan fingerprint density at radius 1 is 0.889 bits per heavy atom. The summed E-state index contributed by atoms with van der Waals surface area (Å²) in [6.45, 7) is 7.13. The molecule has 27 heavy (non-hydrogen) atoms. The highest BCUT2D eigenvalue weighted by atomic mass is 16.5. The van der Waals surface area contributed by atoms with Gasteiger partial charge in [0, 0.05) is 5.41 Å². The fourth-order valence-electron chi connectivity index (χ4n) is 3.84. The van der Waals surface area contributed by atoms with Crippen molar-refractivity contribution in [2.45, 2.75) is 70.8 Å². The van der Waals surface area contributed by atoms with Gasteiger partial charge in [0.15, 0.2) is 5.60 Å². The summed E-state index contributed by atoms with van der Waals surface area (Å²) in [5.74, 6) is -0.375. The number of carboxylic acids is 1. The number of hydrogen-bond acceptors (Lipinski definition) is 2. The van der Waals surface area contributed by atoms with E-state index in [-0.39, 0.29) is 5.41 Å². The van der Waals surface area contributed by atoms with Crippen LogP contribution in [0.2, 0.25) is 0 Å². The van der Waals surface area contributed by atoms with Gasteiger partial charge < -0.3 is 9.84 Å². The number of rotatable bonds is 5. The summed E-state index contributed by atoms with van der Waals surface area (Å²) in [5, 5.41) is 9.23. The lowest BCUT2D eigenvalue weighted by Gasteiger charge is -2.38. The topological polar surface area (TPSA) is 46.5 Å². The number of hydrogen-bond donors (Lipinski definition) is 1. The molecule has 1 aliphatic rings. The van der Waals surface area contributed by atoms with Gasteiger partial charge >= 0.3 is 5.97 Å². The van der Waals surface area contributed by atoms with E-state index in [0.717, 1.165) is 12.8 Å². The Hall–Kier alpha value is -2.29. The summed E-state index contributed by atoms with van der Waals surface area (Å²) >= 11 is 0. The minimum atomic E-state index is -1.23. The van der Waals surface area contributed by atoms with Crippen LogP contribution in [0.15, 0.2) is 54.6 Å². The molecule has 0 atom stereocenters. The molecule has 0 aliphatic heterocycles. The van der Waals surface area contributed by atoms with E-state index in [9.17, 15) is 9.90 Å². The first-order chi connectivity index (χ1) is 12.9. The molecular formula is C24H32O3. The van der Waals surface area contributed by atoms with Crippen molar-refractivity contribution in [1.29, 1.82) is 0 Å². The van der Waals surface area contributed by atoms with Crippen LogP contribution in [0, 0.1) is 0 Å². The lowest BCUT2D eigenvalue weighted by Crippen LogP contribution is -2.37. The van der Waals surface area contributed by atoms with Crippen LogP contribution in [-0.4, -0.2) is 16.7 Å². The fourth-order valence-corrected chi connectivity index (χ4v) is 3.84. The second kappa shape index (κ2) is 9.07. The zero-order valence-corrected chi connectivity index (χ0v) is 17.0. The SMILES string of the molecule is CC.CC(C)(Oc1ccc(C2(c3ccccc3)CCCCC2)cc1)C(=O)O. The van der Waals surface area contributed by atoms with Crippen molar-refractivity contribution in [1.82, 2.24) is 0 Å². The van der Waals surface area contributed by atoms with Gasteiger partial charge in [-0.1, -0.05) is 75.6 Å². The summed E-state index contributed by atoms with van der Waals surface area (Å²) in [6.07, 6.45) is 6.07. The molecule has 0 amide bonds. The minimum Gasteiger partial charge on any atom is -0.478 e. The fraction of sp³-hybridized carbons (Fsp3) is 0.458. The Balaban J connectivity index is 0.00000126. The van der Waals surface area contributed by atoms with Gasteiger partial charge in [-0.2, -0.15) is 0 Å². The van der Waals surface area contributed by atoms with Crippen molar-refractivity contribution in [3.05, 3.63) is 65.7 Å². The average Bonchev–Trinajstić information content (AvgIpc) is 2.71. The molecule has 0 radical (unpaired) electrons. The van der Waals surface area contributed by atoms with Crippen molar-refractivity contribution in [3.63, 3.8) is 0 Å². The number of carboxylic acid groups (broad SMARTS) is 1. The number of ether oxygens (including phenoxy) is 1. The molecule has 1 aliphatic carbocycles. The van der Waals surface area contributed by atoms with Gasteiger partial charge in [-0.15, -0.1) is 0 Å². The maximum Gasteiger partial charge on any atom is 0.347 e. The van der Waals surface area contributed by atoms with E-state index >= 15 is 0 Å². The monoisotopic (exact) mass is 368 g/mol. The molecule has 3 nitrogen and oxygen atoms in total. The predicted octanol–water partition coefficient (Wildman–Crippen LogP) is 6.21. The van der Waals surface area contributed by atoms with E-state index in [2.05, 4.69) is 42.5 Å². The third kappa shape index (κ3) is 4.71. The van der Waals surface area contributed by atoms with E-state index in [1.807, 2.05) is 26.0 Å². The Kier molecular flexibility index (Phi) is 7.06. The second-order valence-corrected chi connectivity index (χ2v) is 7.45. The molecule has 3 rings (SSSR count). The van der Waals surface area contributed by atoms with Crippen LogP contribution in [0.1, 0.15) is 70.9 Å². The first-order valence-electron chi connectivity index (χ1n) is 10.0. The molecule has 2 aromatic carbocycles. The highest BCUT2D eigenvalue weighted by molar-refractivity contribution is 5.76. The van der Waals surface area contributed by atoms with Crippen molar-refractivity contribution in [3.8, 4) is 5.75 Å². The van der Waals surface area contributed by atoms with Crippen molar-refractivity contribution >= 4 is 5.97 Å². The largest absolute Gasteiger partial charge is 0.478 e. The molecular weight excluding hydrogens is 336 g/mol. The molecule has 3 heteroatoms. The molecule has 0 aromatic heterocycles. The molecule has 1 N–H and O–H groups in total. The van der Waals surface area contributed by atoms with Crippen LogP contribution in [0.5, 0.6) is 5.75 Å². The Bertz CT molecular complexity index is 711. The third-order valence-electron chi connectivity index (χ3n) is 5.33. The normalized spacial score (nSPS) is 16.0. The summed E-state index contributed by atoms with van der Waals surface area (Å²) in [6, 6.07) is 18.7. The van der Waals surface area contributed by atoms with Crippen LogP contribution >= 0.6 is 0 Å². The second-order valence-electron chi connectivity index (χ2n) is 7.45. The van der Waals surface area contributed by atoms with Gasteiger partial charge in [0.2, 0.25) is 0 Å². The van der Waals surface area contributed by atoms with Crippen LogP contribution in [0.25, 0.3) is 0 Å². The summed E-state index contributed by atoms with van der Waals surface area (Å²) in [5.41, 5.74) is 1.48. The van der Waals surface area contributed by atoms with E-state index in [4.69, 9.17) is 4.74 Å². The minimum absolute atomic E-state index is 0.0559. The molecule has 0 heterocycles. The molecule has 0 spiro atoms. The Morgan fingerprint density at radius 2 is 1.41 bits per heavy atom. The van der Waals surface area contributed by atoms with Gasteiger partial charge in [0.25, 0.3) is 0 Å². The smallest absolute Gasteiger partial charge is 0.347 e. The van der Waals surface area contributed by atoms with Crippen LogP contribution in [0.4, 0.5) is 0 Å². The summed E-state index contributed by atoms with van der Waals surface area (Å²) in [7, 11) is 0. The number of carbonyl (C=O) groups is 1. The van der Waals surface area contributed by atoms with Gasteiger partial charge in [-0.25, -0.2) is 4.79 Å². The zero-order valence-electron chi connectivity index (χ0n) is 17.0. The molecule has 1 fully saturated rings. The van der Waals surface area contributed by atoms with Crippen LogP contribution in [-0.2, 0) is 10.2 Å². The zero-order chi connectivity index (χ0) is 19.9. The Morgan fingerprint density at radius 3 is 1.93 bits per heavy atom. The molecule has 0 bridgehead atoms. The maximum atomic E-state index is 11.3. The van der Waals surface area contributed by atoms with Crippen molar-refractivity contribution in [2.24, 2.45) is 0 Å². The number of benzene rings is 2. The first kappa shape index (κ1) is 21.0. The predicted molar refractivity (Wildman–Crippen MR) is 110 cm³/mol. The quantitative estimate of drug-likeness (QED) is 0.683. The van der Waals surface area contributed by atoms with E-state index in [1.54, 1.807) is 13.8 Å². The van der Waals surface area contributed by atoms with Gasteiger partial charge in [0.05, 0.1) is 0 Å². The highest BCUT2D eigenvalue weighted by Gasteiger charge is 2.36. The average molecular weight is 369 g/mol. The lowest BCUT2D eigenvalue weighted by molar-refractivity contribution is -0.152. The van der Waals surface area contributed by atoms with Crippen LogP contribution < -0.4 is 4.74 Å². The maximum absolute atomic E-state index is 11.3. The van der Waals surface area contributed by atoms with Gasteiger partial charge in [-0.05, 0) is 49.9 Å². The molecule has 1 saturated carbocycles. The van der Waals surface area contributed by atoms with Crippen molar-refractivity contribution < 1.29 is 14.6 Å². The van der Waals surface area contributed by atoms with E-state index < -0.39 is 11.6 Å². The van der Waals surface area contributed by atoms with Gasteiger partial charge in [0.1, 0.15) is 5.75 Å². The van der Waals surface area contributed by atoms with E-state index in [0.29, 0.717) is 5.75 Å². The summed E-state index contributed by atoms with van der Waals surface area (Å²) in [4.78, 5) is 11.3. The molecule has 0 unspecified atom stereocenters. The Labute approximate surface area is 163 Å². The molecule has 2 aromatic rings. The van der Waals surface area contributed by atoms with Crippen LogP contribution in [0.3, 0.4) is 0 Å².